The number of Topliss-reactive ketones (excluding diaryl/α,β-unsaturated/α-hetero) is 1. The van der Waals surface area contributed by atoms with Gasteiger partial charge in [0.2, 0.25) is 0 Å². The molecule has 1 saturated heterocycles. The Labute approximate surface area is 190 Å². The zero-order valence-corrected chi connectivity index (χ0v) is 18.3. The van der Waals surface area contributed by atoms with Crippen molar-refractivity contribution in [1.82, 2.24) is 9.88 Å². The molecule has 2 heterocycles. The Morgan fingerprint density at radius 1 is 1.12 bits per heavy atom. The van der Waals surface area contributed by atoms with Crippen LogP contribution in [0.5, 0.6) is 5.75 Å². The lowest BCUT2D eigenvalue weighted by molar-refractivity contribution is -0.140. The summed E-state index contributed by atoms with van der Waals surface area (Å²) in [4.78, 5) is 31.8. The van der Waals surface area contributed by atoms with Crippen molar-refractivity contribution in [3.05, 3.63) is 99.8 Å². The maximum atomic E-state index is 13.2. The quantitative estimate of drug-likeness (QED) is 0.348. The largest absolute Gasteiger partial charge is 0.507 e. The molecule has 3 aromatic rings. The first-order valence-corrected chi connectivity index (χ1v) is 10.4. The molecule has 2 aromatic carbocycles. The van der Waals surface area contributed by atoms with Crippen LogP contribution in [0.25, 0.3) is 5.76 Å². The number of hydrogen-bond acceptors (Lipinski definition) is 5. The van der Waals surface area contributed by atoms with Crippen LogP contribution < -0.4 is 4.74 Å². The summed E-state index contributed by atoms with van der Waals surface area (Å²) in [5.74, 6) is -1.42. The van der Waals surface area contributed by atoms with Gasteiger partial charge < -0.3 is 14.7 Å². The minimum absolute atomic E-state index is 0.000997. The number of ketones is 1. The lowest BCUT2D eigenvalue weighted by atomic mass is 9.92. The van der Waals surface area contributed by atoms with Crippen molar-refractivity contribution in [3.8, 4) is 5.75 Å². The van der Waals surface area contributed by atoms with Crippen LogP contribution in [-0.4, -0.2) is 33.8 Å². The molecular formula is C25H21ClN2O4. The highest BCUT2D eigenvalue weighted by molar-refractivity contribution is 6.46. The molecule has 162 valence electrons. The molecule has 1 amide bonds. The molecule has 7 heteroatoms. The van der Waals surface area contributed by atoms with Gasteiger partial charge in [-0.25, -0.2) is 0 Å². The smallest absolute Gasteiger partial charge is 0.295 e. The highest BCUT2D eigenvalue weighted by Crippen LogP contribution is 2.42. The number of rotatable bonds is 5. The van der Waals surface area contributed by atoms with E-state index in [0.717, 1.165) is 16.7 Å². The summed E-state index contributed by atoms with van der Waals surface area (Å²) < 4.78 is 5.36. The molecule has 4 rings (SSSR count). The third kappa shape index (κ3) is 3.85. The molecule has 1 aromatic heterocycles. The first kappa shape index (κ1) is 21.6. The average molecular weight is 449 g/mol. The zero-order chi connectivity index (χ0) is 22.8. The molecule has 1 aliphatic rings. The lowest BCUT2D eigenvalue weighted by Gasteiger charge is -2.26. The summed E-state index contributed by atoms with van der Waals surface area (Å²) in [6.45, 7) is 2.09. The lowest BCUT2D eigenvalue weighted by Crippen LogP contribution is -2.29. The number of amides is 1. The van der Waals surface area contributed by atoms with Gasteiger partial charge in [0.05, 0.1) is 24.3 Å². The summed E-state index contributed by atoms with van der Waals surface area (Å²) in [6.07, 6.45) is 3.26. The summed E-state index contributed by atoms with van der Waals surface area (Å²) in [7, 11) is 1.46. The predicted molar refractivity (Wildman–Crippen MR) is 121 cm³/mol. The van der Waals surface area contributed by atoms with Gasteiger partial charge in [0.25, 0.3) is 11.7 Å². The van der Waals surface area contributed by atoms with Crippen LogP contribution in [-0.2, 0) is 16.1 Å². The monoisotopic (exact) mass is 448 g/mol. The highest BCUT2D eigenvalue weighted by atomic mass is 35.5. The third-order valence-electron chi connectivity index (χ3n) is 5.54. The molecule has 1 aliphatic heterocycles. The molecule has 1 unspecified atom stereocenters. The molecule has 0 aliphatic carbocycles. The summed E-state index contributed by atoms with van der Waals surface area (Å²) in [5, 5.41) is 11.6. The number of aliphatic hydroxyl groups is 1. The number of aliphatic hydroxyl groups excluding tert-OH is 1. The number of likely N-dealkylation sites (tertiary alicyclic amines) is 1. The fraction of sp³-hybridized carbons (Fsp3) is 0.160. The van der Waals surface area contributed by atoms with E-state index in [4.69, 9.17) is 16.3 Å². The van der Waals surface area contributed by atoms with Gasteiger partial charge in [-0.15, -0.1) is 0 Å². The van der Waals surface area contributed by atoms with Crippen molar-refractivity contribution >= 4 is 29.1 Å². The zero-order valence-electron chi connectivity index (χ0n) is 17.6. The first-order chi connectivity index (χ1) is 15.4. The van der Waals surface area contributed by atoms with Gasteiger partial charge in [-0.2, -0.15) is 0 Å². The molecule has 1 atom stereocenters. The highest BCUT2D eigenvalue weighted by Gasteiger charge is 2.46. The van der Waals surface area contributed by atoms with E-state index in [0.29, 0.717) is 10.8 Å². The van der Waals surface area contributed by atoms with Crippen LogP contribution in [0.2, 0.25) is 5.02 Å². The van der Waals surface area contributed by atoms with Crippen molar-refractivity contribution in [2.24, 2.45) is 0 Å². The standard InChI is InChI=1S/C25H21ClN2O4/c1-15-5-3-4-6-18(15)22-21(23(29)19-13-17(26)7-8-20(19)32-2)24(30)25(31)28(22)14-16-9-11-27-12-10-16/h3-13,22,29H,14H2,1-2H3/b23-21+. The van der Waals surface area contributed by atoms with Crippen LogP contribution in [0.1, 0.15) is 28.3 Å². The molecular weight excluding hydrogens is 428 g/mol. The molecule has 6 nitrogen and oxygen atoms in total. The molecule has 0 spiro atoms. The van der Waals surface area contributed by atoms with Crippen molar-refractivity contribution in [2.45, 2.75) is 19.5 Å². The van der Waals surface area contributed by atoms with E-state index < -0.39 is 17.7 Å². The summed E-state index contributed by atoms with van der Waals surface area (Å²) >= 11 is 6.15. The number of ether oxygens (including phenoxy) is 1. The van der Waals surface area contributed by atoms with E-state index in [2.05, 4.69) is 4.98 Å². The van der Waals surface area contributed by atoms with Gasteiger partial charge in [0, 0.05) is 24.0 Å². The molecule has 1 N–H and O–H groups in total. The van der Waals surface area contributed by atoms with E-state index in [-0.39, 0.29) is 23.4 Å². The topological polar surface area (TPSA) is 79.7 Å². The second-order valence-electron chi connectivity index (χ2n) is 7.48. The number of benzene rings is 2. The third-order valence-corrected chi connectivity index (χ3v) is 5.78. The Kier molecular flexibility index (Phi) is 5.97. The number of aromatic nitrogens is 1. The van der Waals surface area contributed by atoms with Gasteiger partial charge >= 0.3 is 0 Å². The fourth-order valence-electron chi connectivity index (χ4n) is 3.96. The number of pyridine rings is 1. The Morgan fingerprint density at radius 3 is 2.53 bits per heavy atom. The minimum Gasteiger partial charge on any atom is -0.507 e. The number of hydrogen-bond donors (Lipinski definition) is 1. The molecule has 0 radical (unpaired) electrons. The fourth-order valence-corrected chi connectivity index (χ4v) is 4.13. The normalized spacial score (nSPS) is 17.6. The van der Waals surface area contributed by atoms with Crippen LogP contribution in [0, 0.1) is 6.92 Å². The van der Waals surface area contributed by atoms with Crippen LogP contribution in [0.15, 0.2) is 72.6 Å². The van der Waals surface area contributed by atoms with Gasteiger partial charge in [0.1, 0.15) is 11.5 Å². The van der Waals surface area contributed by atoms with E-state index >= 15 is 0 Å². The minimum atomic E-state index is -0.770. The summed E-state index contributed by atoms with van der Waals surface area (Å²) in [5.41, 5.74) is 2.71. The maximum Gasteiger partial charge on any atom is 0.295 e. The molecule has 0 saturated carbocycles. The number of methoxy groups -OCH3 is 1. The van der Waals surface area contributed by atoms with E-state index in [1.165, 1.54) is 18.1 Å². The van der Waals surface area contributed by atoms with Crippen LogP contribution in [0.4, 0.5) is 0 Å². The average Bonchev–Trinajstić information content (AvgIpc) is 3.04. The van der Waals surface area contributed by atoms with Crippen LogP contribution in [0.3, 0.4) is 0 Å². The predicted octanol–water partition coefficient (Wildman–Crippen LogP) is 4.67. The SMILES string of the molecule is COc1ccc(Cl)cc1/C(O)=C1\C(=O)C(=O)N(Cc2ccncc2)C1c1ccccc1C. The Hall–Kier alpha value is -3.64. The maximum absolute atomic E-state index is 13.2. The van der Waals surface area contributed by atoms with Gasteiger partial charge in [-0.1, -0.05) is 35.9 Å². The number of nitrogens with zero attached hydrogens (tertiary/aromatic N) is 2. The van der Waals surface area contributed by atoms with Crippen molar-refractivity contribution in [2.75, 3.05) is 7.11 Å². The second kappa shape index (κ2) is 8.85. The molecule has 0 bridgehead atoms. The Morgan fingerprint density at radius 2 is 1.84 bits per heavy atom. The van der Waals surface area contributed by atoms with E-state index in [1.54, 1.807) is 36.7 Å². The summed E-state index contributed by atoms with van der Waals surface area (Å²) in [6, 6.07) is 15.0. The Bertz CT molecular complexity index is 1220. The van der Waals surface area contributed by atoms with Crippen molar-refractivity contribution in [3.63, 3.8) is 0 Å². The van der Waals surface area contributed by atoms with Gasteiger partial charge in [-0.05, 0) is 53.9 Å². The first-order valence-electron chi connectivity index (χ1n) is 9.99. The van der Waals surface area contributed by atoms with E-state index in [1.807, 2.05) is 31.2 Å². The number of carbonyl (C=O) groups excluding carboxylic acids is 2. The van der Waals surface area contributed by atoms with Gasteiger partial charge in [-0.3, -0.25) is 14.6 Å². The van der Waals surface area contributed by atoms with Crippen molar-refractivity contribution in [1.29, 1.82) is 0 Å². The molecule has 32 heavy (non-hydrogen) atoms. The number of carbonyl (C=O) groups is 2. The second-order valence-corrected chi connectivity index (χ2v) is 7.92. The Balaban J connectivity index is 1.93. The van der Waals surface area contributed by atoms with Gasteiger partial charge in [0.15, 0.2) is 0 Å². The number of halogens is 1. The van der Waals surface area contributed by atoms with Crippen LogP contribution >= 0.6 is 11.6 Å². The van der Waals surface area contributed by atoms with Crippen molar-refractivity contribution < 1.29 is 19.4 Å². The molecule has 1 fully saturated rings. The van der Waals surface area contributed by atoms with E-state index in [9.17, 15) is 14.7 Å². The number of aryl methyl sites for hydroxylation is 1.